The molecule has 0 saturated carbocycles. The van der Waals surface area contributed by atoms with Crippen molar-refractivity contribution in [2.45, 2.75) is 84.5 Å². The Kier molecular flexibility index (Phi) is 15.9. The lowest BCUT2D eigenvalue weighted by Crippen LogP contribution is -2.11. The van der Waals surface area contributed by atoms with Crippen LogP contribution in [0.4, 0.5) is 0 Å². The molecule has 0 rings (SSSR count). The van der Waals surface area contributed by atoms with Gasteiger partial charge in [-0.15, -0.1) is 0 Å². The van der Waals surface area contributed by atoms with Gasteiger partial charge in [-0.05, 0) is 12.8 Å². The SMILES string of the molecule is CCC(=O)OCOC(=O)CCCCCCCCCC(=O)OCOC(=O)CC. The summed E-state index contributed by atoms with van der Waals surface area (Å²) in [5.74, 6) is -1.50. The molecule has 8 nitrogen and oxygen atoms in total. The van der Waals surface area contributed by atoms with Gasteiger partial charge in [0, 0.05) is 25.7 Å². The second kappa shape index (κ2) is 17.3. The van der Waals surface area contributed by atoms with E-state index in [-0.39, 0.29) is 38.4 Å². The monoisotopic (exact) mass is 388 g/mol. The molecule has 0 aromatic carbocycles. The molecule has 0 aliphatic carbocycles. The number of hydrogen-bond donors (Lipinski definition) is 0. The predicted octanol–water partition coefficient (Wildman–Crippen LogP) is 3.41. The van der Waals surface area contributed by atoms with E-state index in [2.05, 4.69) is 9.47 Å². The standard InChI is InChI=1S/C19H32O8/c1-3-16(20)24-14-26-18(22)12-10-8-6-5-7-9-11-13-19(23)27-15-25-17(21)4-2/h3-15H2,1-2H3. The fourth-order valence-electron chi connectivity index (χ4n) is 2.09. The van der Waals surface area contributed by atoms with Crippen LogP contribution in [0.2, 0.25) is 0 Å². The summed E-state index contributed by atoms with van der Waals surface area (Å²) in [6, 6.07) is 0. The van der Waals surface area contributed by atoms with Crippen LogP contribution < -0.4 is 0 Å². The Morgan fingerprint density at radius 1 is 0.481 bits per heavy atom. The van der Waals surface area contributed by atoms with Crippen molar-refractivity contribution in [2.24, 2.45) is 0 Å². The van der Waals surface area contributed by atoms with Crippen LogP contribution >= 0.6 is 0 Å². The summed E-state index contributed by atoms with van der Waals surface area (Å²) in [7, 11) is 0. The number of carbonyl (C=O) groups excluding carboxylic acids is 4. The van der Waals surface area contributed by atoms with Gasteiger partial charge in [0.1, 0.15) is 0 Å². The largest absolute Gasteiger partial charge is 0.428 e. The maximum absolute atomic E-state index is 11.4. The van der Waals surface area contributed by atoms with Crippen molar-refractivity contribution in [3.8, 4) is 0 Å². The van der Waals surface area contributed by atoms with Crippen molar-refractivity contribution in [2.75, 3.05) is 13.6 Å². The van der Waals surface area contributed by atoms with Crippen molar-refractivity contribution in [1.29, 1.82) is 0 Å². The van der Waals surface area contributed by atoms with Crippen LogP contribution in [0.15, 0.2) is 0 Å². The molecule has 0 saturated heterocycles. The van der Waals surface area contributed by atoms with Crippen molar-refractivity contribution < 1.29 is 38.1 Å². The van der Waals surface area contributed by atoms with E-state index in [9.17, 15) is 19.2 Å². The number of rotatable bonds is 16. The van der Waals surface area contributed by atoms with E-state index >= 15 is 0 Å². The van der Waals surface area contributed by atoms with Crippen LogP contribution in [0.25, 0.3) is 0 Å². The molecule has 0 unspecified atom stereocenters. The summed E-state index contributed by atoms with van der Waals surface area (Å²) in [6.07, 6.45) is 7.53. The van der Waals surface area contributed by atoms with Crippen molar-refractivity contribution in [1.82, 2.24) is 0 Å². The molecule has 0 aromatic heterocycles. The van der Waals surface area contributed by atoms with E-state index < -0.39 is 11.9 Å². The number of unbranched alkanes of at least 4 members (excludes halogenated alkanes) is 6. The van der Waals surface area contributed by atoms with Gasteiger partial charge in [-0.25, -0.2) is 0 Å². The Morgan fingerprint density at radius 3 is 1.11 bits per heavy atom. The Balaban J connectivity index is 3.35. The molecule has 0 fully saturated rings. The molecular weight excluding hydrogens is 356 g/mol. The second-order valence-electron chi connectivity index (χ2n) is 5.98. The lowest BCUT2D eigenvalue weighted by molar-refractivity contribution is -0.168. The lowest BCUT2D eigenvalue weighted by atomic mass is 10.1. The van der Waals surface area contributed by atoms with Gasteiger partial charge in [0.15, 0.2) is 0 Å². The van der Waals surface area contributed by atoms with Crippen LogP contribution in [0.1, 0.15) is 84.5 Å². The van der Waals surface area contributed by atoms with Crippen LogP contribution in [0.3, 0.4) is 0 Å². The fourth-order valence-corrected chi connectivity index (χ4v) is 2.09. The third-order valence-corrected chi connectivity index (χ3v) is 3.72. The molecule has 0 atom stereocenters. The maximum atomic E-state index is 11.4. The Bertz CT molecular complexity index is 407. The maximum Gasteiger partial charge on any atom is 0.308 e. The molecule has 0 radical (unpaired) electrons. The quantitative estimate of drug-likeness (QED) is 0.225. The Labute approximate surface area is 160 Å². The van der Waals surface area contributed by atoms with Crippen molar-refractivity contribution in [3.63, 3.8) is 0 Å². The first-order chi connectivity index (χ1) is 13.0. The number of esters is 4. The van der Waals surface area contributed by atoms with E-state index in [1.807, 2.05) is 0 Å². The van der Waals surface area contributed by atoms with Crippen LogP contribution in [-0.4, -0.2) is 37.5 Å². The zero-order valence-electron chi connectivity index (χ0n) is 16.5. The van der Waals surface area contributed by atoms with Gasteiger partial charge in [-0.3, -0.25) is 19.2 Å². The topological polar surface area (TPSA) is 105 Å². The zero-order valence-corrected chi connectivity index (χ0v) is 16.5. The van der Waals surface area contributed by atoms with Gasteiger partial charge in [0.25, 0.3) is 0 Å². The normalized spacial score (nSPS) is 10.1. The third kappa shape index (κ3) is 17.1. The van der Waals surface area contributed by atoms with Gasteiger partial charge in [-0.1, -0.05) is 46.0 Å². The number of ether oxygens (including phenoxy) is 4. The summed E-state index contributed by atoms with van der Waals surface area (Å²) in [5, 5.41) is 0. The average Bonchev–Trinajstić information content (AvgIpc) is 2.66. The minimum Gasteiger partial charge on any atom is -0.428 e. The summed E-state index contributed by atoms with van der Waals surface area (Å²) in [4.78, 5) is 44.5. The van der Waals surface area contributed by atoms with Gasteiger partial charge in [0.2, 0.25) is 13.6 Å². The van der Waals surface area contributed by atoms with Crippen molar-refractivity contribution in [3.05, 3.63) is 0 Å². The van der Waals surface area contributed by atoms with E-state index in [0.29, 0.717) is 12.8 Å². The molecule has 0 bridgehead atoms. The molecule has 0 aromatic rings. The first-order valence-electron chi connectivity index (χ1n) is 9.62. The smallest absolute Gasteiger partial charge is 0.308 e. The van der Waals surface area contributed by atoms with Crippen LogP contribution in [0.5, 0.6) is 0 Å². The highest BCUT2D eigenvalue weighted by atomic mass is 16.7. The van der Waals surface area contributed by atoms with Crippen LogP contribution in [-0.2, 0) is 38.1 Å². The molecule has 156 valence electrons. The van der Waals surface area contributed by atoms with E-state index in [1.54, 1.807) is 13.8 Å². The number of hydrogen-bond acceptors (Lipinski definition) is 8. The summed E-state index contributed by atoms with van der Waals surface area (Å²) >= 11 is 0. The van der Waals surface area contributed by atoms with Gasteiger partial charge >= 0.3 is 23.9 Å². The van der Waals surface area contributed by atoms with Gasteiger partial charge in [0.05, 0.1) is 0 Å². The fraction of sp³-hybridized carbons (Fsp3) is 0.789. The molecule has 0 aliphatic heterocycles. The first-order valence-corrected chi connectivity index (χ1v) is 9.62. The van der Waals surface area contributed by atoms with Crippen LogP contribution in [0, 0.1) is 0 Å². The molecule has 0 spiro atoms. The number of carbonyl (C=O) groups is 4. The highest BCUT2D eigenvalue weighted by Crippen LogP contribution is 2.10. The van der Waals surface area contributed by atoms with E-state index in [1.165, 1.54) is 0 Å². The molecule has 8 heteroatoms. The molecule has 0 N–H and O–H groups in total. The summed E-state index contributed by atoms with van der Waals surface area (Å²) in [6.45, 7) is 2.72. The molecule has 0 heterocycles. The summed E-state index contributed by atoms with van der Waals surface area (Å²) < 4.78 is 18.9. The molecule has 27 heavy (non-hydrogen) atoms. The third-order valence-electron chi connectivity index (χ3n) is 3.72. The highest BCUT2D eigenvalue weighted by Gasteiger charge is 2.06. The minimum absolute atomic E-state index is 0.257. The molecule has 0 amide bonds. The second-order valence-corrected chi connectivity index (χ2v) is 5.98. The van der Waals surface area contributed by atoms with Gasteiger partial charge in [-0.2, -0.15) is 0 Å². The Morgan fingerprint density at radius 2 is 0.778 bits per heavy atom. The first kappa shape index (κ1) is 24.9. The van der Waals surface area contributed by atoms with Crippen molar-refractivity contribution >= 4 is 23.9 Å². The predicted molar refractivity (Wildman–Crippen MR) is 96.2 cm³/mol. The molecular formula is C19H32O8. The van der Waals surface area contributed by atoms with Gasteiger partial charge < -0.3 is 18.9 Å². The lowest BCUT2D eigenvalue weighted by Gasteiger charge is -2.06. The summed E-state index contributed by atoms with van der Waals surface area (Å²) in [5.41, 5.74) is 0. The zero-order chi connectivity index (χ0) is 20.3. The Hall–Kier alpha value is -2.12. The average molecular weight is 388 g/mol. The minimum atomic E-state index is -0.393. The highest BCUT2D eigenvalue weighted by molar-refractivity contribution is 5.71. The van der Waals surface area contributed by atoms with E-state index in [0.717, 1.165) is 44.9 Å². The molecule has 0 aliphatic rings. The van der Waals surface area contributed by atoms with E-state index in [4.69, 9.17) is 9.47 Å².